The van der Waals surface area contributed by atoms with Crippen LogP contribution in [0.25, 0.3) is 0 Å². The number of anilines is 2. The number of rotatable bonds is 5. The molecule has 1 aliphatic heterocycles. The molecule has 162 valence electrons. The smallest absolute Gasteiger partial charge is 0.411 e. The number of nitrogens with zero attached hydrogens (tertiary/aromatic N) is 2. The number of carbonyl (C=O) groups is 1. The van der Waals surface area contributed by atoms with Crippen molar-refractivity contribution in [2.45, 2.75) is 37.6 Å². The van der Waals surface area contributed by atoms with Crippen molar-refractivity contribution in [3.63, 3.8) is 0 Å². The molecule has 1 aliphatic carbocycles. The summed E-state index contributed by atoms with van der Waals surface area (Å²) in [5.41, 5.74) is 1.45. The van der Waals surface area contributed by atoms with Crippen LogP contribution in [0.5, 0.6) is 0 Å². The number of hydrogen-bond acceptors (Lipinski definition) is 4. The Kier molecular flexibility index (Phi) is 6.73. The lowest BCUT2D eigenvalue weighted by Crippen LogP contribution is -2.51. The molecule has 4 rings (SSSR count). The Bertz CT molecular complexity index is 959. The van der Waals surface area contributed by atoms with Gasteiger partial charge in [-0.1, -0.05) is 49.1 Å². The van der Waals surface area contributed by atoms with Gasteiger partial charge in [-0.15, -0.1) is 0 Å². The van der Waals surface area contributed by atoms with Gasteiger partial charge in [-0.05, 0) is 61.5 Å². The number of halogens is 1. The maximum atomic E-state index is 12.0. The Morgan fingerprint density at radius 2 is 1.84 bits per heavy atom. The van der Waals surface area contributed by atoms with Crippen LogP contribution < -0.4 is 15.5 Å². The van der Waals surface area contributed by atoms with E-state index in [2.05, 4.69) is 27.7 Å². The highest BCUT2D eigenvalue weighted by molar-refractivity contribution is 7.80. The van der Waals surface area contributed by atoms with Crippen molar-refractivity contribution in [2.24, 2.45) is 4.99 Å². The maximum absolute atomic E-state index is 12.0. The monoisotopic (exact) mass is 456 g/mol. The van der Waals surface area contributed by atoms with Gasteiger partial charge in [0.2, 0.25) is 0 Å². The molecule has 31 heavy (non-hydrogen) atoms. The van der Waals surface area contributed by atoms with Crippen LogP contribution >= 0.6 is 23.8 Å². The number of para-hydroxylation sites is 1. The molecule has 0 radical (unpaired) electrons. The lowest BCUT2D eigenvalue weighted by molar-refractivity contribution is 0.165. The summed E-state index contributed by atoms with van der Waals surface area (Å²) in [5.74, 6) is 0.878. The van der Waals surface area contributed by atoms with E-state index in [4.69, 9.17) is 33.5 Å². The van der Waals surface area contributed by atoms with Crippen LogP contribution in [-0.4, -0.2) is 35.7 Å². The van der Waals surface area contributed by atoms with Gasteiger partial charge in [0.15, 0.2) is 5.11 Å². The second kappa shape index (κ2) is 9.66. The number of nitrogens with one attached hydrogen (secondary N) is 2. The molecule has 1 amide bonds. The van der Waals surface area contributed by atoms with E-state index in [-0.39, 0.29) is 12.1 Å². The average Bonchev–Trinajstić information content (AvgIpc) is 3.04. The molecule has 6 nitrogen and oxygen atoms in total. The van der Waals surface area contributed by atoms with Gasteiger partial charge in [0.1, 0.15) is 18.0 Å². The number of benzene rings is 2. The van der Waals surface area contributed by atoms with Crippen LogP contribution in [-0.2, 0) is 4.74 Å². The van der Waals surface area contributed by atoms with Crippen LogP contribution in [0.15, 0.2) is 59.6 Å². The summed E-state index contributed by atoms with van der Waals surface area (Å²) < 4.78 is 5.29. The Morgan fingerprint density at radius 1 is 1.13 bits per heavy atom. The van der Waals surface area contributed by atoms with E-state index in [1.165, 1.54) is 6.42 Å². The molecule has 1 saturated heterocycles. The number of aliphatic imine (C=N–C) groups is 1. The fraction of sp³-hybridized carbons (Fsp3) is 0.348. The molecule has 1 heterocycles. The molecule has 0 bridgehead atoms. The summed E-state index contributed by atoms with van der Waals surface area (Å²) in [7, 11) is 0. The molecule has 2 aromatic carbocycles. The summed E-state index contributed by atoms with van der Waals surface area (Å²) in [6.45, 7) is 0.544. The van der Waals surface area contributed by atoms with Crippen molar-refractivity contribution < 1.29 is 9.53 Å². The lowest BCUT2D eigenvalue weighted by Gasteiger charge is -2.40. The van der Waals surface area contributed by atoms with E-state index >= 15 is 0 Å². The first-order valence-corrected chi connectivity index (χ1v) is 11.3. The van der Waals surface area contributed by atoms with Gasteiger partial charge >= 0.3 is 6.09 Å². The summed E-state index contributed by atoms with van der Waals surface area (Å²) in [6.07, 6.45) is 4.95. The molecule has 1 saturated carbocycles. The highest BCUT2D eigenvalue weighted by Crippen LogP contribution is 2.40. The number of thiocarbonyl (C=S) groups is 1. The molecule has 2 N–H and O–H groups in total. The number of carbonyl (C=O) groups excluding carboxylic acids is 1. The number of amidine groups is 1. The van der Waals surface area contributed by atoms with E-state index in [1.807, 2.05) is 18.2 Å². The Balaban J connectivity index is 1.41. The minimum Gasteiger partial charge on any atom is -0.447 e. The standard InChI is InChI=1S/C23H25ClN4O2S/c24-17-9-11-18(12-10-17)26-22(29)30-16-15-25-20-23(13-5-2-6-14-23)28(21(31)27-20)19-7-3-1-4-8-19/h1,3-4,7-12H,2,5-6,13-16H2,(H,26,29)(H,25,27,31). The predicted octanol–water partition coefficient (Wildman–Crippen LogP) is 5.38. The zero-order valence-electron chi connectivity index (χ0n) is 17.1. The number of hydrogen-bond donors (Lipinski definition) is 2. The molecular formula is C23H25ClN4O2S. The Labute approximate surface area is 192 Å². The van der Waals surface area contributed by atoms with Gasteiger partial charge in [-0.2, -0.15) is 0 Å². The minimum absolute atomic E-state index is 0.179. The van der Waals surface area contributed by atoms with Crippen molar-refractivity contribution >= 4 is 52.2 Å². The van der Waals surface area contributed by atoms with Crippen LogP contribution in [0.1, 0.15) is 32.1 Å². The molecule has 2 aromatic rings. The maximum Gasteiger partial charge on any atom is 0.411 e. The van der Waals surface area contributed by atoms with Crippen molar-refractivity contribution in [2.75, 3.05) is 23.4 Å². The first-order valence-electron chi connectivity index (χ1n) is 10.5. The van der Waals surface area contributed by atoms with Crippen LogP contribution in [0.4, 0.5) is 16.2 Å². The largest absolute Gasteiger partial charge is 0.447 e. The third-order valence-electron chi connectivity index (χ3n) is 5.68. The molecule has 0 aromatic heterocycles. The molecule has 8 heteroatoms. The van der Waals surface area contributed by atoms with Gasteiger partial charge in [-0.3, -0.25) is 10.3 Å². The quantitative estimate of drug-likeness (QED) is 0.466. The SMILES string of the molecule is O=C(Nc1ccc(Cl)cc1)OCCN=C1NC(=S)N(c2ccccc2)C12CCCCC2. The number of amides is 1. The third kappa shape index (κ3) is 4.83. The van der Waals surface area contributed by atoms with Gasteiger partial charge in [0.05, 0.1) is 6.54 Å². The minimum atomic E-state index is -0.518. The molecule has 2 aliphatic rings. The topological polar surface area (TPSA) is 66.0 Å². The number of ether oxygens (including phenoxy) is 1. The van der Waals surface area contributed by atoms with Gasteiger partial charge in [0.25, 0.3) is 0 Å². The first-order chi connectivity index (χ1) is 15.1. The zero-order chi connectivity index (χ0) is 21.7. The molecule has 0 atom stereocenters. The average molecular weight is 457 g/mol. The molecule has 2 fully saturated rings. The summed E-state index contributed by atoms with van der Waals surface area (Å²) in [6, 6.07) is 17.1. The Morgan fingerprint density at radius 3 is 2.55 bits per heavy atom. The van der Waals surface area contributed by atoms with E-state index in [0.29, 0.717) is 22.4 Å². The second-order valence-corrected chi connectivity index (χ2v) is 8.51. The third-order valence-corrected chi connectivity index (χ3v) is 6.21. The van der Waals surface area contributed by atoms with Gasteiger partial charge in [-0.25, -0.2) is 4.79 Å². The van der Waals surface area contributed by atoms with Crippen LogP contribution in [0.2, 0.25) is 5.02 Å². The second-order valence-electron chi connectivity index (χ2n) is 7.69. The normalized spacial score (nSPS) is 18.8. The highest BCUT2D eigenvalue weighted by Gasteiger charge is 2.49. The van der Waals surface area contributed by atoms with Crippen molar-refractivity contribution in [3.8, 4) is 0 Å². The van der Waals surface area contributed by atoms with Crippen molar-refractivity contribution in [1.82, 2.24) is 5.32 Å². The van der Waals surface area contributed by atoms with E-state index in [1.54, 1.807) is 24.3 Å². The molecular weight excluding hydrogens is 432 g/mol. The summed E-state index contributed by atoms with van der Waals surface area (Å²) in [5, 5.41) is 7.30. The predicted molar refractivity (Wildman–Crippen MR) is 129 cm³/mol. The van der Waals surface area contributed by atoms with Gasteiger partial charge < -0.3 is 15.0 Å². The van der Waals surface area contributed by atoms with Crippen molar-refractivity contribution in [1.29, 1.82) is 0 Å². The van der Waals surface area contributed by atoms with Crippen LogP contribution in [0.3, 0.4) is 0 Å². The van der Waals surface area contributed by atoms with Crippen molar-refractivity contribution in [3.05, 3.63) is 59.6 Å². The van der Waals surface area contributed by atoms with E-state index in [9.17, 15) is 4.79 Å². The zero-order valence-corrected chi connectivity index (χ0v) is 18.7. The molecule has 1 spiro atoms. The fourth-order valence-corrected chi connectivity index (χ4v) is 4.78. The first kappa shape index (κ1) is 21.6. The van der Waals surface area contributed by atoms with E-state index in [0.717, 1.165) is 37.2 Å². The summed E-state index contributed by atoms with van der Waals surface area (Å²) in [4.78, 5) is 19.0. The van der Waals surface area contributed by atoms with E-state index < -0.39 is 6.09 Å². The highest BCUT2D eigenvalue weighted by atomic mass is 35.5. The van der Waals surface area contributed by atoms with Gasteiger partial charge in [0, 0.05) is 16.4 Å². The van der Waals surface area contributed by atoms with Crippen LogP contribution in [0, 0.1) is 0 Å². The Hall–Kier alpha value is -2.64. The molecule has 0 unspecified atom stereocenters. The summed E-state index contributed by atoms with van der Waals surface area (Å²) >= 11 is 11.5. The lowest BCUT2D eigenvalue weighted by atomic mass is 9.80. The fourth-order valence-electron chi connectivity index (χ4n) is 4.28.